The van der Waals surface area contributed by atoms with E-state index >= 15 is 0 Å². The van der Waals surface area contributed by atoms with E-state index in [1.54, 1.807) is 5.53 Å². The summed E-state index contributed by atoms with van der Waals surface area (Å²) < 4.78 is 0. The molecule has 0 aromatic rings. The molecular weight excluding hydrogens is 74.0 g/mol. The molecule has 0 atom stereocenters. The summed E-state index contributed by atoms with van der Waals surface area (Å²) >= 11 is 0. The molecule has 0 aromatic carbocycles. The Bertz CT molecular complexity index is 4.85. The van der Waals surface area contributed by atoms with Crippen LogP contribution in [-0.2, 0) is 0 Å². The predicted octanol–water partition coefficient (Wildman–Crippen LogP) is -3.33. The van der Waals surface area contributed by atoms with Gasteiger partial charge in [0.05, 0.1) is 0 Å². The first-order valence-electron chi connectivity index (χ1n) is 0.577. The van der Waals surface area contributed by atoms with Crippen molar-refractivity contribution in [1.82, 2.24) is 5.53 Å². The maximum absolute atomic E-state index is 4.38. The summed E-state index contributed by atoms with van der Waals surface area (Å²) in [6, 6.07) is 0. The van der Waals surface area contributed by atoms with Gasteiger partial charge in [-0.3, -0.25) is 11.7 Å². The number of nitrogens with two attached hydrogens (primary N) is 2. The van der Waals surface area contributed by atoms with Crippen LogP contribution in [0.15, 0.2) is 0 Å². The molecule has 0 bridgehead atoms. The maximum Gasteiger partial charge on any atom is -0.200 e. The minimum Gasteiger partial charge on any atom is -0.412 e. The summed E-state index contributed by atoms with van der Waals surface area (Å²) in [6.45, 7) is 0. The zero-order valence-electron chi connectivity index (χ0n) is 2.65. The lowest BCUT2D eigenvalue weighted by atomic mass is 12.6. The standard InChI is InChI=1S/H5N3.2H2O/c1-3-2;;/h3H,1-2H2;2*1H2. The van der Waals surface area contributed by atoms with Gasteiger partial charge in [0.1, 0.15) is 0 Å². The molecule has 0 saturated carbocycles. The molecule has 0 aliphatic heterocycles. The Balaban J connectivity index is -0.0000000200. The largest absolute Gasteiger partial charge is 0.412 e. The fourth-order valence-electron chi connectivity index (χ4n) is 0. The van der Waals surface area contributed by atoms with Gasteiger partial charge in [-0.15, -0.1) is 0 Å². The van der Waals surface area contributed by atoms with Crippen LogP contribution in [0.2, 0.25) is 0 Å². The summed E-state index contributed by atoms with van der Waals surface area (Å²) in [5.74, 6) is 8.75. The molecule has 0 aliphatic rings. The highest BCUT2D eigenvalue weighted by Gasteiger charge is 1.19. The van der Waals surface area contributed by atoms with Gasteiger partial charge >= 0.3 is 0 Å². The molecule has 0 fully saturated rings. The van der Waals surface area contributed by atoms with E-state index in [1.165, 1.54) is 0 Å². The Morgan fingerprint density at radius 2 is 1.00 bits per heavy atom. The predicted molar refractivity (Wildman–Crippen MR) is 18.7 cm³/mol. The monoisotopic (exact) mass is 83.1 g/mol. The Kier molecular flexibility index (Phi) is 199. The van der Waals surface area contributed by atoms with E-state index in [1.807, 2.05) is 0 Å². The van der Waals surface area contributed by atoms with Crippen LogP contribution in [0.3, 0.4) is 0 Å². The number of hydrazine groups is 2. The summed E-state index contributed by atoms with van der Waals surface area (Å²) in [6.07, 6.45) is 0. The number of hydrogen-bond acceptors (Lipinski definition) is 3. The molecule has 9 N–H and O–H groups in total. The summed E-state index contributed by atoms with van der Waals surface area (Å²) in [5.41, 5.74) is 1.75. The molecule has 5 heavy (non-hydrogen) atoms. The smallest absolute Gasteiger partial charge is 0.200 e. The number of nitrogens with one attached hydrogen (secondary N) is 1. The van der Waals surface area contributed by atoms with E-state index in [4.69, 9.17) is 0 Å². The molecule has 0 spiro atoms. The first-order valence-corrected chi connectivity index (χ1v) is 0.577. The molecule has 0 radical (unpaired) electrons. The Morgan fingerprint density at radius 1 is 1.00 bits per heavy atom. The van der Waals surface area contributed by atoms with Crippen molar-refractivity contribution in [2.45, 2.75) is 0 Å². The van der Waals surface area contributed by atoms with Crippen molar-refractivity contribution in [3.63, 3.8) is 0 Å². The average molecular weight is 83.1 g/mol. The van der Waals surface area contributed by atoms with Gasteiger partial charge in [-0.05, 0) is 0 Å². The average Bonchev–Trinajstić information content (AvgIpc) is 0.918. The van der Waals surface area contributed by atoms with Gasteiger partial charge < -0.3 is 11.0 Å². The van der Waals surface area contributed by atoms with Crippen LogP contribution in [0.25, 0.3) is 0 Å². The van der Waals surface area contributed by atoms with Crippen LogP contribution in [0.1, 0.15) is 0 Å². The molecule has 0 aliphatic carbocycles. The first kappa shape index (κ1) is 21.4. The molecule has 0 unspecified atom stereocenters. The van der Waals surface area contributed by atoms with Gasteiger partial charge in [0, 0.05) is 0 Å². The van der Waals surface area contributed by atoms with Crippen LogP contribution in [0.4, 0.5) is 0 Å². The van der Waals surface area contributed by atoms with Gasteiger partial charge in [0.2, 0.25) is 0 Å². The van der Waals surface area contributed by atoms with E-state index < -0.39 is 0 Å². The van der Waals surface area contributed by atoms with Crippen LogP contribution in [0.5, 0.6) is 0 Å². The van der Waals surface area contributed by atoms with E-state index in [9.17, 15) is 0 Å². The molecule has 5 heteroatoms. The van der Waals surface area contributed by atoms with Crippen molar-refractivity contribution < 1.29 is 11.0 Å². The molecular formula is H9N3O2. The van der Waals surface area contributed by atoms with Crippen molar-refractivity contribution in [2.24, 2.45) is 11.7 Å². The zero-order chi connectivity index (χ0) is 2.71. The van der Waals surface area contributed by atoms with Crippen molar-refractivity contribution in [1.29, 1.82) is 0 Å². The highest BCUT2D eigenvalue weighted by atomic mass is 16.0. The van der Waals surface area contributed by atoms with E-state index in [2.05, 4.69) is 11.7 Å². The van der Waals surface area contributed by atoms with Crippen molar-refractivity contribution in [3.05, 3.63) is 0 Å². The molecule has 36 valence electrons. The van der Waals surface area contributed by atoms with Gasteiger partial charge in [-0.2, -0.15) is 5.53 Å². The van der Waals surface area contributed by atoms with Crippen LogP contribution >= 0.6 is 0 Å². The molecule has 0 heterocycles. The maximum atomic E-state index is 4.38. The highest BCUT2D eigenvalue weighted by molar-refractivity contribution is 3.63. The summed E-state index contributed by atoms with van der Waals surface area (Å²) in [7, 11) is 0. The Morgan fingerprint density at radius 3 is 1.00 bits per heavy atom. The van der Waals surface area contributed by atoms with Crippen molar-refractivity contribution >= 4 is 0 Å². The van der Waals surface area contributed by atoms with Gasteiger partial charge in [0.15, 0.2) is 0 Å². The molecule has 0 aromatic heterocycles. The Labute approximate surface area is 29.5 Å². The number of rotatable bonds is 0. The van der Waals surface area contributed by atoms with E-state index in [0.29, 0.717) is 0 Å². The molecule has 0 rings (SSSR count). The third-order valence-electron chi connectivity index (χ3n) is 0. The van der Waals surface area contributed by atoms with Crippen molar-refractivity contribution in [3.8, 4) is 0 Å². The van der Waals surface area contributed by atoms with Gasteiger partial charge in [-0.1, -0.05) is 0 Å². The SMILES string of the molecule is NNN.O.O. The lowest BCUT2D eigenvalue weighted by Crippen LogP contribution is -2.29. The van der Waals surface area contributed by atoms with E-state index in [0.717, 1.165) is 0 Å². The minimum atomic E-state index is 0. The normalized spacial score (nSPS) is 3.60. The topological polar surface area (TPSA) is 127 Å². The van der Waals surface area contributed by atoms with Crippen LogP contribution < -0.4 is 17.2 Å². The van der Waals surface area contributed by atoms with Crippen LogP contribution in [-0.4, -0.2) is 11.0 Å². The lowest BCUT2D eigenvalue weighted by molar-refractivity contribution is 0.803. The number of hydrogen-bond donors (Lipinski definition) is 3. The third-order valence-corrected chi connectivity index (χ3v) is 0. The lowest BCUT2D eigenvalue weighted by Gasteiger charge is -1.64. The van der Waals surface area contributed by atoms with E-state index in [-0.39, 0.29) is 11.0 Å². The van der Waals surface area contributed by atoms with Crippen molar-refractivity contribution in [2.75, 3.05) is 0 Å². The second kappa shape index (κ2) is 46.5. The van der Waals surface area contributed by atoms with Crippen LogP contribution in [0, 0.1) is 0 Å². The van der Waals surface area contributed by atoms with Gasteiger partial charge in [-0.25, -0.2) is 0 Å². The first-order chi connectivity index (χ1) is 1.41. The summed E-state index contributed by atoms with van der Waals surface area (Å²) in [5, 5.41) is 0. The zero-order valence-corrected chi connectivity index (χ0v) is 2.65. The second-order valence-corrected chi connectivity index (χ2v) is 0.167. The fourth-order valence-corrected chi connectivity index (χ4v) is 0. The fraction of sp³-hybridized carbons (Fsp3) is 0. The minimum absolute atomic E-state index is 0. The summed E-state index contributed by atoms with van der Waals surface area (Å²) in [4.78, 5) is 0. The molecule has 0 saturated heterocycles. The highest BCUT2D eigenvalue weighted by Crippen LogP contribution is 0.559. The quantitative estimate of drug-likeness (QED) is 0.209. The second-order valence-electron chi connectivity index (χ2n) is 0.167. The molecule has 0 amide bonds. The van der Waals surface area contributed by atoms with Gasteiger partial charge in [0.25, 0.3) is 0 Å². The molecule has 5 nitrogen and oxygen atoms in total. The Hall–Kier alpha value is -0.200. The third kappa shape index (κ3) is 308.